The van der Waals surface area contributed by atoms with Gasteiger partial charge in [0.2, 0.25) is 5.91 Å². The second-order valence-electron chi connectivity index (χ2n) is 5.96. The Morgan fingerprint density at radius 2 is 1.83 bits per heavy atom. The van der Waals surface area contributed by atoms with Gasteiger partial charge in [0.25, 0.3) is 0 Å². The number of carboxylic acids is 1. The van der Waals surface area contributed by atoms with E-state index in [2.05, 4.69) is 13.8 Å². The van der Waals surface area contributed by atoms with Gasteiger partial charge in [-0.1, -0.05) is 26.7 Å². The zero-order chi connectivity index (χ0) is 13.8. The number of amides is 1. The first-order valence-electron chi connectivity index (χ1n) is 6.85. The fourth-order valence-corrected chi connectivity index (χ4v) is 3.11. The van der Waals surface area contributed by atoms with Crippen LogP contribution in [-0.4, -0.2) is 35.5 Å². The molecule has 0 aromatic carbocycles. The molecule has 0 radical (unpaired) electrons. The predicted octanol–water partition coefficient (Wildman–Crippen LogP) is 2.53. The van der Waals surface area contributed by atoms with Gasteiger partial charge in [-0.15, -0.1) is 0 Å². The van der Waals surface area contributed by atoms with Crippen molar-refractivity contribution in [3.05, 3.63) is 0 Å². The number of hydrogen-bond donors (Lipinski definition) is 1. The second kappa shape index (κ2) is 6.21. The van der Waals surface area contributed by atoms with Crippen LogP contribution in [0.4, 0.5) is 0 Å². The van der Waals surface area contributed by atoms with E-state index in [1.165, 1.54) is 0 Å². The van der Waals surface area contributed by atoms with E-state index >= 15 is 0 Å². The number of nitrogens with zero attached hydrogens (tertiary/aromatic N) is 1. The molecule has 4 nitrogen and oxygen atoms in total. The molecule has 1 N–H and O–H groups in total. The highest BCUT2D eigenvalue weighted by Gasteiger charge is 2.42. The van der Waals surface area contributed by atoms with E-state index in [9.17, 15) is 9.59 Å². The lowest BCUT2D eigenvalue weighted by molar-refractivity contribution is -0.143. The van der Waals surface area contributed by atoms with Gasteiger partial charge in [-0.25, -0.2) is 0 Å². The number of carbonyl (C=O) groups is 2. The molecule has 0 unspecified atom stereocenters. The van der Waals surface area contributed by atoms with Crippen LogP contribution in [0.25, 0.3) is 0 Å². The van der Waals surface area contributed by atoms with Gasteiger partial charge in [-0.05, 0) is 25.2 Å². The Bertz CT molecular complexity index is 306. The Balaban J connectivity index is 2.67. The molecule has 0 aromatic rings. The third-order valence-corrected chi connectivity index (χ3v) is 3.82. The summed E-state index contributed by atoms with van der Waals surface area (Å²) < 4.78 is 0. The molecule has 4 heteroatoms. The largest absolute Gasteiger partial charge is 0.481 e. The summed E-state index contributed by atoms with van der Waals surface area (Å²) in [6.07, 6.45) is 5.10. The van der Waals surface area contributed by atoms with E-state index in [1.807, 2.05) is 0 Å². The van der Waals surface area contributed by atoms with Crippen LogP contribution in [-0.2, 0) is 9.59 Å². The monoisotopic (exact) mass is 255 g/mol. The minimum Gasteiger partial charge on any atom is -0.481 e. The molecule has 1 rings (SSSR count). The van der Waals surface area contributed by atoms with Crippen LogP contribution in [0.1, 0.15) is 52.4 Å². The van der Waals surface area contributed by atoms with Crippen molar-refractivity contribution >= 4 is 11.9 Å². The summed E-state index contributed by atoms with van der Waals surface area (Å²) >= 11 is 0. The third kappa shape index (κ3) is 3.72. The van der Waals surface area contributed by atoms with E-state index < -0.39 is 5.97 Å². The highest BCUT2D eigenvalue weighted by molar-refractivity contribution is 5.83. The van der Waals surface area contributed by atoms with Crippen LogP contribution in [0.15, 0.2) is 0 Å². The SMILES string of the molecule is CC(C)CC1(C(=O)N(C)CCC(=O)O)CCCC1. The summed E-state index contributed by atoms with van der Waals surface area (Å²) in [5.74, 6) is -0.200. The first-order valence-corrected chi connectivity index (χ1v) is 6.85. The maximum atomic E-state index is 12.5. The number of carbonyl (C=O) groups excluding carboxylic acids is 1. The molecule has 104 valence electrons. The lowest BCUT2D eigenvalue weighted by Crippen LogP contribution is -2.42. The van der Waals surface area contributed by atoms with E-state index in [-0.39, 0.29) is 17.7 Å². The van der Waals surface area contributed by atoms with Crippen molar-refractivity contribution in [2.24, 2.45) is 11.3 Å². The molecular weight excluding hydrogens is 230 g/mol. The van der Waals surface area contributed by atoms with Crippen LogP contribution in [0.3, 0.4) is 0 Å². The van der Waals surface area contributed by atoms with Gasteiger partial charge in [0.05, 0.1) is 6.42 Å². The molecule has 0 bridgehead atoms. The number of aliphatic carboxylic acids is 1. The van der Waals surface area contributed by atoms with Crippen molar-refractivity contribution in [1.29, 1.82) is 0 Å². The molecule has 0 saturated heterocycles. The molecule has 1 saturated carbocycles. The minimum absolute atomic E-state index is 0.0278. The summed E-state index contributed by atoms with van der Waals surface area (Å²) in [7, 11) is 1.73. The molecule has 0 aromatic heterocycles. The quantitative estimate of drug-likeness (QED) is 0.793. The van der Waals surface area contributed by atoms with Gasteiger partial charge >= 0.3 is 5.97 Å². The molecule has 0 aliphatic heterocycles. The van der Waals surface area contributed by atoms with Crippen LogP contribution >= 0.6 is 0 Å². The summed E-state index contributed by atoms with van der Waals surface area (Å²) in [4.78, 5) is 24.7. The van der Waals surface area contributed by atoms with Crippen molar-refractivity contribution in [2.75, 3.05) is 13.6 Å². The fourth-order valence-electron chi connectivity index (χ4n) is 3.11. The van der Waals surface area contributed by atoms with Crippen LogP contribution in [0, 0.1) is 11.3 Å². The molecule has 18 heavy (non-hydrogen) atoms. The molecule has 1 fully saturated rings. The fraction of sp³-hybridized carbons (Fsp3) is 0.857. The first-order chi connectivity index (χ1) is 8.37. The Morgan fingerprint density at radius 3 is 2.28 bits per heavy atom. The lowest BCUT2D eigenvalue weighted by atomic mass is 9.77. The Kier molecular flexibility index (Phi) is 5.17. The molecule has 1 amide bonds. The van der Waals surface area contributed by atoms with Gasteiger partial charge in [-0.3, -0.25) is 9.59 Å². The van der Waals surface area contributed by atoms with Crippen LogP contribution in [0.5, 0.6) is 0 Å². The van der Waals surface area contributed by atoms with Crippen molar-refractivity contribution in [1.82, 2.24) is 4.90 Å². The molecular formula is C14H25NO3. The standard InChI is InChI=1S/C14H25NO3/c1-11(2)10-14(7-4-5-8-14)13(18)15(3)9-6-12(16)17/h11H,4-10H2,1-3H3,(H,16,17). The minimum atomic E-state index is -0.848. The number of rotatable bonds is 6. The zero-order valence-electron chi connectivity index (χ0n) is 11.7. The van der Waals surface area contributed by atoms with E-state index in [4.69, 9.17) is 5.11 Å². The zero-order valence-corrected chi connectivity index (χ0v) is 11.7. The maximum Gasteiger partial charge on any atom is 0.305 e. The number of hydrogen-bond acceptors (Lipinski definition) is 2. The Morgan fingerprint density at radius 1 is 1.28 bits per heavy atom. The maximum absolute atomic E-state index is 12.5. The van der Waals surface area contributed by atoms with Gasteiger partial charge in [-0.2, -0.15) is 0 Å². The lowest BCUT2D eigenvalue weighted by Gasteiger charge is -2.33. The van der Waals surface area contributed by atoms with Crippen molar-refractivity contribution < 1.29 is 14.7 Å². The van der Waals surface area contributed by atoms with E-state index in [1.54, 1.807) is 11.9 Å². The topological polar surface area (TPSA) is 57.6 Å². The van der Waals surface area contributed by atoms with Crippen molar-refractivity contribution in [3.63, 3.8) is 0 Å². The second-order valence-corrected chi connectivity index (χ2v) is 5.96. The van der Waals surface area contributed by atoms with Crippen LogP contribution < -0.4 is 0 Å². The Labute approximate surface area is 109 Å². The van der Waals surface area contributed by atoms with Gasteiger partial charge < -0.3 is 10.0 Å². The van der Waals surface area contributed by atoms with Crippen molar-refractivity contribution in [2.45, 2.75) is 52.4 Å². The number of carboxylic acid groups (broad SMARTS) is 1. The smallest absolute Gasteiger partial charge is 0.305 e. The average Bonchev–Trinajstić information content (AvgIpc) is 2.73. The molecule has 1 aliphatic carbocycles. The van der Waals surface area contributed by atoms with Gasteiger partial charge in [0.1, 0.15) is 0 Å². The summed E-state index contributed by atoms with van der Waals surface area (Å²) in [6, 6.07) is 0. The van der Waals surface area contributed by atoms with Crippen molar-refractivity contribution in [3.8, 4) is 0 Å². The molecule has 1 aliphatic rings. The molecule has 0 atom stereocenters. The first kappa shape index (κ1) is 15.0. The predicted molar refractivity (Wildman–Crippen MR) is 70.2 cm³/mol. The Hall–Kier alpha value is -1.06. The third-order valence-electron chi connectivity index (χ3n) is 3.82. The normalized spacial score (nSPS) is 18.0. The van der Waals surface area contributed by atoms with Crippen LogP contribution in [0.2, 0.25) is 0 Å². The van der Waals surface area contributed by atoms with Gasteiger partial charge in [0.15, 0.2) is 0 Å². The van der Waals surface area contributed by atoms with E-state index in [0.717, 1.165) is 32.1 Å². The summed E-state index contributed by atoms with van der Waals surface area (Å²) in [6.45, 7) is 4.60. The average molecular weight is 255 g/mol. The highest BCUT2D eigenvalue weighted by atomic mass is 16.4. The van der Waals surface area contributed by atoms with Gasteiger partial charge in [0, 0.05) is 19.0 Å². The van der Waals surface area contributed by atoms with E-state index in [0.29, 0.717) is 12.5 Å². The molecule has 0 spiro atoms. The summed E-state index contributed by atoms with van der Waals surface area (Å²) in [5.41, 5.74) is -0.221. The molecule has 0 heterocycles. The highest BCUT2D eigenvalue weighted by Crippen LogP contribution is 2.44. The summed E-state index contributed by atoms with van der Waals surface area (Å²) in [5, 5.41) is 8.68.